The number of sulfonamides is 1. The maximum absolute atomic E-state index is 12.7. The highest BCUT2D eigenvalue weighted by Crippen LogP contribution is 2.31. The summed E-state index contributed by atoms with van der Waals surface area (Å²) in [6.45, 7) is 3.31. The lowest BCUT2D eigenvalue weighted by Gasteiger charge is -2.26. The van der Waals surface area contributed by atoms with E-state index in [2.05, 4.69) is 26.9 Å². The number of aromatic amines is 1. The van der Waals surface area contributed by atoms with E-state index in [0.29, 0.717) is 11.4 Å². The van der Waals surface area contributed by atoms with E-state index in [1.54, 1.807) is 12.1 Å². The zero-order valence-corrected chi connectivity index (χ0v) is 20.5. The SMILES string of the molecule is O=S(=O)(NCCCCN1CC=C(c2c[nH]c3ccc(Cl)cc23)CC1)c1ccc2ccccc2c1. The number of rotatable bonds is 8. The second kappa shape index (κ2) is 9.92. The van der Waals surface area contributed by atoms with E-state index >= 15 is 0 Å². The Bertz CT molecular complexity index is 1460. The Morgan fingerprint density at radius 3 is 2.68 bits per heavy atom. The van der Waals surface area contributed by atoms with Crippen molar-refractivity contribution in [2.75, 3.05) is 26.2 Å². The summed E-state index contributed by atoms with van der Waals surface area (Å²) in [6.07, 6.45) is 7.13. The zero-order valence-electron chi connectivity index (χ0n) is 18.9. The average molecular weight is 494 g/mol. The average Bonchev–Trinajstić information content (AvgIpc) is 3.27. The molecule has 2 N–H and O–H groups in total. The van der Waals surface area contributed by atoms with Crippen molar-refractivity contribution in [3.05, 3.63) is 83.5 Å². The van der Waals surface area contributed by atoms with Crippen LogP contribution in [0.1, 0.15) is 24.8 Å². The number of aromatic nitrogens is 1. The summed E-state index contributed by atoms with van der Waals surface area (Å²) < 4.78 is 28.1. The third kappa shape index (κ3) is 5.05. The Labute approximate surface area is 205 Å². The minimum absolute atomic E-state index is 0.318. The van der Waals surface area contributed by atoms with Crippen molar-refractivity contribution in [3.63, 3.8) is 0 Å². The molecular formula is C27H28ClN3O2S. The molecule has 176 valence electrons. The Kier molecular flexibility index (Phi) is 6.75. The van der Waals surface area contributed by atoms with E-state index in [0.717, 1.165) is 60.2 Å². The number of hydrogen-bond acceptors (Lipinski definition) is 3. The van der Waals surface area contributed by atoms with Gasteiger partial charge in [-0.1, -0.05) is 48.0 Å². The number of unbranched alkanes of at least 4 members (excludes halogenated alkanes) is 1. The van der Waals surface area contributed by atoms with Gasteiger partial charge in [-0.3, -0.25) is 4.90 Å². The second-order valence-electron chi connectivity index (χ2n) is 8.79. The molecule has 0 unspecified atom stereocenters. The number of halogens is 1. The summed E-state index contributed by atoms with van der Waals surface area (Å²) in [7, 11) is -3.50. The van der Waals surface area contributed by atoms with Crippen LogP contribution < -0.4 is 4.72 Å². The fourth-order valence-electron chi connectivity index (χ4n) is 4.60. The monoisotopic (exact) mass is 493 g/mol. The van der Waals surface area contributed by atoms with E-state index in [9.17, 15) is 8.42 Å². The van der Waals surface area contributed by atoms with Gasteiger partial charge in [0.05, 0.1) is 4.90 Å². The number of benzene rings is 3. The van der Waals surface area contributed by atoms with E-state index < -0.39 is 10.0 Å². The van der Waals surface area contributed by atoms with Crippen molar-refractivity contribution >= 4 is 48.9 Å². The number of nitrogens with zero attached hydrogens (tertiary/aromatic N) is 1. The van der Waals surface area contributed by atoms with Gasteiger partial charge in [0.2, 0.25) is 10.0 Å². The number of hydrogen-bond donors (Lipinski definition) is 2. The molecule has 0 aliphatic carbocycles. The molecule has 0 amide bonds. The van der Waals surface area contributed by atoms with E-state index in [1.807, 2.05) is 48.5 Å². The molecule has 0 radical (unpaired) electrons. The number of fused-ring (bicyclic) bond motifs is 2. The van der Waals surface area contributed by atoms with Gasteiger partial charge < -0.3 is 4.98 Å². The van der Waals surface area contributed by atoms with Crippen molar-refractivity contribution < 1.29 is 8.42 Å². The van der Waals surface area contributed by atoms with Crippen LogP contribution in [0.2, 0.25) is 5.02 Å². The summed E-state index contributed by atoms with van der Waals surface area (Å²) in [5, 5.41) is 3.89. The van der Waals surface area contributed by atoms with Gasteiger partial charge in [-0.05, 0) is 72.5 Å². The largest absolute Gasteiger partial charge is 0.361 e. The van der Waals surface area contributed by atoms with Gasteiger partial charge in [0.15, 0.2) is 0 Å². The predicted molar refractivity (Wildman–Crippen MR) is 141 cm³/mol. The summed E-state index contributed by atoms with van der Waals surface area (Å²) in [5.74, 6) is 0. The van der Waals surface area contributed by atoms with E-state index in [4.69, 9.17) is 11.6 Å². The minimum Gasteiger partial charge on any atom is -0.361 e. The Hall–Kier alpha value is -2.64. The first-order chi connectivity index (χ1) is 16.5. The molecule has 0 saturated carbocycles. The normalized spacial score (nSPS) is 15.1. The molecule has 1 aliphatic heterocycles. The molecule has 0 bridgehead atoms. The zero-order chi connectivity index (χ0) is 23.5. The summed E-state index contributed by atoms with van der Waals surface area (Å²) in [4.78, 5) is 6.07. The highest BCUT2D eigenvalue weighted by molar-refractivity contribution is 7.89. The summed E-state index contributed by atoms with van der Waals surface area (Å²) in [6, 6.07) is 19.0. The molecule has 34 heavy (non-hydrogen) atoms. The first-order valence-corrected chi connectivity index (χ1v) is 13.5. The van der Waals surface area contributed by atoms with Gasteiger partial charge in [0.25, 0.3) is 0 Å². The van der Waals surface area contributed by atoms with Crippen LogP contribution in [0.4, 0.5) is 0 Å². The summed E-state index contributed by atoms with van der Waals surface area (Å²) >= 11 is 6.19. The maximum atomic E-state index is 12.7. The lowest BCUT2D eigenvalue weighted by Crippen LogP contribution is -2.30. The van der Waals surface area contributed by atoms with Crippen molar-refractivity contribution in [2.24, 2.45) is 0 Å². The Morgan fingerprint density at radius 2 is 1.85 bits per heavy atom. The Morgan fingerprint density at radius 1 is 1.00 bits per heavy atom. The fraction of sp³-hybridized carbons (Fsp3) is 0.259. The van der Waals surface area contributed by atoms with Crippen LogP contribution in [0.25, 0.3) is 27.2 Å². The van der Waals surface area contributed by atoms with Crippen LogP contribution in [0, 0.1) is 0 Å². The van der Waals surface area contributed by atoms with Crippen LogP contribution in [0.15, 0.2) is 77.8 Å². The second-order valence-corrected chi connectivity index (χ2v) is 11.0. The standard InChI is InChI=1S/C27H28ClN3O2S/c28-23-8-10-27-25(18-23)26(19-29-27)21-11-15-31(16-12-21)14-4-3-13-30-34(32,33)24-9-7-20-5-1-2-6-22(20)17-24/h1-2,5-11,17-19,29-30H,3-4,12-16H2. The predicted octanol–water partition coefficient (Wildman–Crippen LogP) is 5.82. The van der Waals surface area contributed by atoms with Gasteiger partial charge in [-0.15, -0.1) is 0 Å². The van der Waals surface area contributed by atoms with Crippen molar-refractivity contribution in [1.29, 1.82) is 0 Å². The van der Waals surface area contributed by atoms with Gasteiger partial charge in [0.1, 0.15) is 0 Å². The van der Waals surface area contributed by atoms with Crippen LogP contribution in [0.3, 0.4) is 0 Å². The molecule has 0 atom stereocenters. The molecule has 5 rings (SSSR count). The highest BCUT2D eigenvalue weighted by Gasteiger charge is 2.16. The Balaban J connectivity index is 1.10. The van der Waals surface area contributed by atoms with Crippen molar-refractivity contribution in [3.8, 4) is 0 Å². The van der Waals surface area contributed by atoms with Gasteiger partial charge in [-0.2, -0.15) is 0 Å². The number of nitrogens with one attached hydrogen (secondary N) is 2. The molecule has 2 heterocycles. The van der Waals surface area contributed by atoms with Crippen molar-refractivity contribution in [1.82, 2.24) is 14.6 Å². The van der Waals surface area contributed by atoms with Gasteiger partial charge >= 0.3 is 0 Å². The van der Waals surface area contributed by atoms with Crippen LogP contribution in [0.5, 0.6) is 0 Å². The molecule has 0 spiro atoms. The fourth-order valence-corrected chi connectivity index (χ4v) is 5.88. The molecule has 4 aromatic rings. The minimum atomic E-state index is -3.50. The van der Waals surface area contributed by atoms with Crippen LogP contribution in [-0.4, -0.2) is 44.5 Å². The quantitative estimate of drug-likeness (QED) is 0.304. The lowest BCUT2D eigenvalue weighted by molar-refractivity contribution is 0.295. The van der Waals surface area contributed by atoms with E-state index in [1.165, 1.54) is 16.5 Å². The third-order valence-electron chi connectivity index (χ3n) is 6.51. The lowest BCUT2D eigenvalue weighted by atomic mass is 9.99. The number of H-pyrrole nitrogens is 1. The topological polar surface area (TPSA) is 65.2 Å². The van der Waals surface area contributed by atoms with Crippen LogP contribution in [-0.2, 0) is 10.0 Å². The molecular weight excluding hydrogens is 466 g/mol. The summed E-state index contributed by atoms with van der Waals surface area (Å²) in [5.41, 5.74) is 3.70. The molecule has 1 aliphatic rings. The highest BCUT2D eigenvalue weighted by atomic mass is 35.5. The van der Waals surface area contributed by atoms with Crippen LogP contribution >= 0.6 is 11.6 Å². The molecule has 5 nitrogen and oxygen atoms in total. The van der Waals surface area contributed by atoms with Gasteiger partial charge in [0, 0.05) is 47.3 Å². The third-order valence-corrected chi connectivity index (χ3v) is 8.20. The molecule has 0 saturated heterocycles. The van der Waals surface area contributed by atoms with Gasteiger partial charge in [-0.25, -0.2) is 13.1 Å². The maximum Gasteiger partial charge on any atom is 0.240 e. The molecule has 1 aromatic heterocycles. The molecule has 7 heteroatoms. The smallest absolute Gasteiger partial charge is 0.240 e. The molecule has 3 aromatic carbocycles. The van der Waals surface area contributed by atoms with Crippen molar-refractivity contribution in [2.45, 2.75) is 24.2 Å². The first-order valence-electron chi connectivity index (χ1n) is 11.7. The van der Waals surface area contributed by atoms with E-state index in [-0.39, 0.29) is 0 Å². The molecule has 0 fully saturated rings. The first kappa shape index (κ1) is 23.1.